The van der Waals surface area contributed by atoms with Gasteiger partial charge >= 0.3 is 5.97 Å². The summed E-state index contributed by atoms with van der Waals surface area (Å²) in [4.78, 5) is 21.0. The third-order valence-corrected chi connectivity index (χ3v) is 1.61. The summed E-state index contributed by atoms with van der Waals surface area (Å²) in [6.07, 6.45) is 0. The number of hydrazine groups is 1. The quantitative estimate of drug-likeness (QED) is 0.409. The van der Waals surface area contributed by atoms with Gasteiger partial charge < -0.3 is 5.11 Å². The molecule has 70 valence electrons. The summed E-state index contributed by atoms with van der Waals surface area (Å²) in [5, 5.41) is 9.83. The van der Waals surface area contributed by atoms with Crippen molar-refractivity contribution in [2.45, 2.75) is 13.0 Å². The molecule has 0 spiro atoms. The molecule has 0 aromatic heterocycles. The predicted molar refractivity (Wildman–Crippen MR) is 46.9 cm³/mol. The second kappa shape index (κ2) is 5.00. The number of hydrogen-bond donors (Lipinski definition) is 3. The van der Waals surface area contributed by atoms with Crippen molar-refractivity contribution in [2.24, 2.45) is 0 Å². The van der Waals surface area contributed by atoms with E-state index < -0.39 is 12.0 Å². The van der Waals surface area contributed by atoms with Gasteiger partial charge in [-0.25, -0.2) is 5.01 Å². The van der Waals surface area contributed by atoms with Gasteiger partial charge in [-0.05, 0) is 0 Å². The number of carbonyl (C=O) groups excluding carboxylic acids is 1. The molecule has 0 heterocycles. The number of aliphatic carboxylic acids is 1. The minimum absolute atomic E-state index is 0.145. The van der Waals surface area contributed by atoms with Crippen LogP contribution in [0, 0.1) is 0 Å². The zero-order valence-corrected chi connectivity index (χ0v) is 7.84. The lowest BCUT2D eigenvalue weighted by molar-refractivity contribution is -0.144. The molecule has 0 unspecified atom stereocenters. The first-order chi connectivity index (χ1) is 5.49. The number of carbonyl (C=O) groups is 2. The molecule has 0 rings (SSSR count). The summed E-state index contributed by atoms with van der Waals surface area (Å²) < 4.78 is 0. The van der Waals surface area contributed by atoms with Crippen molar-refractivity contribution in [1.29, 1.82) is 0 Å². The molecule has 0 radical (unpaired) electrons. The Hall–Kier alpha value is -0.750. The fourth-order valence-corrected chi connectivity index (χ4v) is 1.09. The Bertz CT molecular complexity index is 186. The first kappa shape index (κ1) is 11.2. The summed E-state index contributed by atoms with van der Waals surface area (Å²) >= 11 is 3.84. The van der Waals surface area contributed by atoms with Crippen LogP contribution in [0.1, 0.15) is 6.92 Å². The highest BCUT2D eigenvalue weighted by Crippen LogP contribution is 1.95. The van der Waals surface area contributed by atoms with Gasteiger partial charge in [0.15, 0.2) is 0 Å². The fraction of sp³-hybridized carbons (Fsp3) is 0.667. The Morgan fingerprint density at radius 2 is 2.17 bits per heavy atom. The van der Waals surface area contributed by atoms with Crippen molar-refractivity contribution in [3.8, 4) is 0 Å². The Morgan fingerprint density at radius 3 is 2.42 bits per heavy atom. The van der Waals surface area contributed by atoms with Gasteiger partial charge in [-0.1, -0.05) is 0 Å². The Labute approximate surface area is 76.1 Å². The molecule has 0 aliphatic carbocycles. The van der Waals surface area contributed by atoms with Gasteiger partial charge in [0.25, 0.3) is 0 Å². The Morgan fingerprint density at radius 1 is 1.67 bits per heavy atom. The zero-order valence-electron chi connectivity index (χ0n) is 6.94. The van der Waals surface area contributed by atoms with Crippen molar-refractivity contribution < 1.29 is 14.7 Å². The standard InChI is InChI=1S/C6H12N2O3S/c1-4(9)7-8(2)5(3-12)6(10)11/h5,12H,3H2,1-2H3,(H,7,9)(H,10,11)/t5-/m1/s1. The molecule has 1 amide bonds. The molecule has 6 heteroatoms. The van der Waals surface area contributed by atoms with E-state index in [1.807, 2.05) is 0 Å². The number of rotatable bonds is 4. The largest absolute Gasteiger partial charge is 0.480 e. The van der Waals surface area contributed by atoms with Gasteiger partial charge in [0.2, 0.25) is 5.91 Å². The number of likely N-dealkylation sites (N-methyl/N-ethyl adjacent to an activating group) is 1. The summed E-state index contributed by atoms with van der Waals surface area (Å²) in [6, 6.07) is -0.794. The fourth-order valence-electron chi connectivity index (χ4n) is 0.692. The van der Waals surface area contributed by atoms with Crippen LogP contribution >= 0.6 is 12.6 Å². The number of carboxylic acids is 1. The van der Waals surface area contributed by atoms with Crippen LogP contribution in [-0.2, 0) is 9.59 Å². The average molecular weight is 192 g/mol. The number of amides is 1. The third kappa shape index (κ3) is 3.59. The molecule has 0 aliphatic heterocycles. The zero-order chi connectivity index (χ0) is 9.72. The molecule has 0 aromatic rings. The highest BCUT2D eigenvalue weighted by molar-refractivity contribution is 7.80. The maximum Gasteiger partial charge on any atom is 0.323 e. The van der Waals surface area contributed by atoms with Crippen LogP contribution in [0.25, 0.3) is 0 Å². The second-order valence-electron chi connectivity index (χ2n) is 2.32. The number of nitrogens with zero attached hydrogens (tertiary/aromatic N) is 1. The first-order valence-corrected chi connectivity index (χ1v) is 3.96. The van der Waals surface area contributed by atoms with Crippen LogP contribution < -0.4 is 5.43 Å². The van der Waals surface area contributed by atoms with E-state index >= 15 is 0 Å². The van der Waals surface area contributed by atoms with Crippen molar-refractivity contribution in [3.63, 3.8) is 0 Å². The minimum Gasteiger partial charge on any atom is -0.480 e. The summed E-state index contributed by atoms with van der Waals surface area (Å²) in [5.41, 5.74) is 2.34. The highest BCUT2D eigenvalue weighted by atomic mass is 32.1. The highest BCUT2D eigenvalue weighted by Gasteiger charge is 2.21. The predicted octanol–water partition coefficient (Wildman–Crippen LogP) is -0.648. The van der Waals surface area contributed by atoms with Gasteiger partial charge in [-0.15, -0.1) is 0 Å². The van der Waals surface area contributed by atoms with Gasteiger partial charge in [0, 0.05) is 19.7 Å². The lowest BCUT2D eigenvalue weighted by Gasteiger charge is -2.22. The van der Waals surface area contributed by atoms with Gasteiger partial charge in [-0.3, -0.25) is 15.0 Å². The van der Waals surface area contributed by atoms with E-state index in [9.17, 15) is 9.59 Å². The topological polar surface area (TPSA) is 69.6 Å². The van der Waals surface area contributed by atoms with Crippen molar-refractivity contribution in [1.82, 2.24) is 10.4 Å². The van der Waals surface area contributed by atoms with E-state index in [4.69, 9.17) is 5.11 Å². The molecular weight excluding hydrogens is 180 g/mol. The normalized spacial score (nSPS) is 12.7. The van der Waals surface area contributed by atoms with E-state index in [1.165, 1.54) is 19.0 Å². The molecular formula is C6H12N2O3S. The van der Waals surface area contributed by atoms with Gasteiger partial charge in [0.05, 0.1) is 0 Å². The van der Waals surface area contributed by atoms with E-state index in [0.29, 0.717) is 0 Å². The van der Waals surface area contributed by atoms with Gasteiger partial charge in [0.1, 0.15) is 6.04 Å². The minimum atomic E-state index is -1.01. The summed E-state index contributed by atoms with van der Waals surface area (Å²) in [7, 11) is 1.48. The van der Waals surface area contributed by atoms with Crippen molar-refractivity contribution in [2.75, 3.05) is 12.8 Å². The molecule has 0 saturated carbocycles. The third-order valence-electron chi connectivity index (χ3n) is 1.26. The maximum atomic E-state index is 10.5. The van der Waals surface area contributed by atoms with E-state index in [1.54, 1.807) is 0 Å². The van der Waals surface area contributed by atoms with Crippen LogP contribution in [0.5, 0.6) is 0 Å². The van der Waals surface area contributed by atoms with Crippen LogP contribution in [0.15, 0.2) is 0 Å². The second-order valence-corrected chi connectivity index (χ2v) is 2.68. The lowest BCUT2D eigenvalue weighted by Crippen LogP contribution is -2.49. The molecule has 12 heavy (non-hydrogen) atoms. The monoisotopic (exact) mass is 192 g/mol. The van der Waals surface area contributed by atoms with Crippen LogP contribution in [0.3, 0.4) is 0 Å². The number of hydrogen-bond acceptors (Lipinski definition) is 4. The van der Waals surface area contributed by atoms with E-state index in [2.05, 4.69) is 18.1 Å². The van der Waals surface area contributed by atoms with Crippen LogP contribution in [-0.4, -0.2) is 40.8 Å². The van der Waals surface area contributed by atoms with E-state index in [-0.39, 0.29) is 11.7 Å². The Balaban J connectivity index is 4.11. The first-order valence-electron chi connectivity index (χ1n) is 3.32. The number of carboxylic acid groups (broad SMARTS) is 1. The molecule has 1 atom stereocenters. The number of thiol groups is 1. The van der Waals surface area contributed by atoms with Gasteiger partial charge in [-0.2, -0.15) is 12.6 Å². The van der Waals surface area contributed by atoms with Crippen LogP contribution in [0.4, 0.5) is 0 Å². The summed E-state index contributed by atoms with van der Waals surface area (Å²) in [6.45, 7) is 1.31. The van der Waals surface area contributed by atoms with Crippen LogP contribution in [0.2, 0.25) is 0 Å². The number of nitrogens with one attached hydrogen (secondary N) is 1. The van der Waals surface area contributed by atoms with E-state index in [0.717, 1.165) is 0 Å². The molecule has 5 nitrogen and oxygen atoms in total. The molecule has 0 saturated heterocycles. The molecule has 2 N–H and O–H groups in total. The molecule has 0 fully saturated rings. The molecule has 0 aliphatic rings. The lowest BCUT2D eigenvalue weighted by atomic mass is 10.3. The van der Waals surface area contributed by atoms with Crippen molar-refractivity contribution in [3.05, 3.63) is 0 Å². The maximum absolute atomic E-state index is 10.5. The smallest absolute Gasteiger partial charge is 0.323 e. The SMILES string of the molecule is CC(=O)NN(C)[C@H](CS)C(=O)O. The molecule has 0 bridgehead atoms. The van der Waals surface area contributed by atoms with Crippen molar-refractivity contribution >= 4 is 24.5 Å². The summed E-state index contributed by atoms with van der Waals surface area (Å²) in [5.74, 6) is -1.17. The molecule has 0 aromatic carbocycles. The average Bonchev–Trinajstić information content (AvgIpc) is 1.85. The Kier molecular flexibility index (Phi) is 4.68.